The number of esters is 6. The Morgan fingerprint density at radius 3 is 0.843 bits per heavy atom. The SMILES string of the molecule is C=C(C(=O)OC1CCCCC1)C(=O)OC1CCCCC1.C=C(C(=O)OCC)C(=O)OC1CCCCC1.C=C(C(=O)OCC)C(=O)OCC.[2H]C(C)C. The maximum absolute atomic E-state index is 11.9. The molecule has 0 amide bonds. The molecule has 3 aliphatic rings. The number of hydrogen-bond acceptors (Lipinski definition) is 12. The van der Waals surface area contributed by atoms with Crippen molar-refractivity contribution in [1.29, 1.82) is 0 Å². The lowest BCUT2D eigenvalue weighted by Crippen LogP contribution is -2.27. The molecule has 0 radical (unpaired) electrons. The van der Waals surface area contributed by atoms with E-state index in [1.54, 1.807) is 20.8 Å². The maximum atomic E-state index is 11.9. The largest absolute Gasteiger partial charge is 0.462 e. The summed E-state index contributed by atoms with van der Waals surface area (Å²) in [5.41, 5.74) is -0.646. The molecule has 0 aromatic heterocycles. The number of carbonyl (C=O) groups is 6. The Morgan fingerprint density at radius 1 is 0.431 bits per heavy atom. The third-order valence-electron chi connectivity index (χ3n) is 7.78. The molecule has 0 aromatic rings. The minimum absolute atomic E-state index is 0.0597. The molecule has 0 spiro atoms. The lowest BCUT2D eigenvalue weighted by atomic mass is 9.97. The summed E-state index contributed by atoms with van der Waals surface area (Å²) in [6.45, 7) is 19.5. The standard InChI is InChI=1S/C16H24O4.C12H18O4.C8H12O4.C3H8/c1-12(15(17)19-13-8-4-2-5-9-13)16(18)20-14-10-6-3-7-11-14;1-3-15-11(13)9(2)12(14)16-10-7-5-4-6-8-10;1-4-11-7(9)6(3)8(10)12-5-2;1-3-2/h13-14H,1-11H2;10H,2-8H2,1H3;3-5H2,1-2H3;3H2,1-2H3/i;;;3D. The molecule has 12 heteroatoms. The molecule has 0 N–H and O–H groups in total. The molecule has 3 fully saturated rings. The Morgan fingerprint density at radius 2 is 0.627 bits per heavy atom. The van der Waals surface area contributed by atoms with Gasteiger partial charge in [-0.15, -0.1) is 0 Å². The molecule has 0 heterocycles. The first kappa shape index (κ1) is 45.1. The second-order valence-corrected chi connectivity index (χ2v) is 12.2. The van der Waals surface area contributed by atoms with E-state index in [1.165, 1.54) is 19.3 Å². The van der Waals surface area contributed by atoms with E-state index in [4.69, 9.17) is 15.6 Å². The van der Waals surface area contributed by atoms with Gasteiger partial charge in [0.1, 0.15) is 35.0 Å². The van der Waals surface area contributed by atoms with Crippen LogP contribution in [0, 0.1) is 0 Å². The summed E-state index contributed by atoms with van der Waals surface area (Å²) in [7, 11) is 0. The van der Waals surface area contributed by atoms with Crippen molar-refractivity contribution in [3.8, 4) is 0 Å². The van der Waals surface area contributed by atoms with Gasteiger partial charge in [0.2, 0.25) is 0 Å². The van der Waals surface area contributed by atoms with E-state index in [0.717, 1.165) is 77.0 Å². The highest BCUT2D eigenvalue weighted by Gasteiger charge is 2.27. The van der Waals surface area contributed by atoms with Crippen molar-refractivity contribution in [2.75, 3.05) is 19.8 Å². The van der Waals surface area contributed by atoms with Crippen LogP contribution in [0.3, 0.4) is 0 Å². The molecular weight excluding hydrogens is 660 g/mol. The molecule has 0 unspecified atom stereocenters. The van der Waals surface area contributed by atoms with Gasteiger partial charge in [-0.3, -0.25) is 0 Å². The fourth-order valence-electron chi connectivity index (χ4n) is 5.12. The first-order valence-corrected chi connectivity index (χ1v) is 18.3. The molecule has 290 valence electrons. The fraction of sp³-hybridized carbons (Fsp3) is 0.692. The van der Waals surface area contributed by atoms with E-state index < -0.39 is 35.8 Å². The summed E-state index contributed by atoms with van der Waals surface area (Å²) in [6, 6.07) is 0. The first-order valence-electron chi connectivity index (χ1n) is 18.9. The predicted octanol–water partition coefficient (Wildman–Crippen LogP) is 7.36. The molecule has 12 nitrogen and oxygen atoms in total. The van der Waals surface area contributed by atoms with Gasteiger partial charge in [0.05, 0.1) is 19.8 Å². The molecular formula is C39H62O12. The Bertz CT molecular complexity index is 1100. The average Bonchev–Trinajstić information content (AvgIpc) is 3.12. The van der Waals surface area contributed by atoms with Crippen LogP contribution in [0.5, 0.6) is 0 Å². The number of hydrogen-bond donors (Lipinski definition) is 0. The predicted molar refractivity (Wildman–Crippen MR) is 192 cm³/mol. The Kier molecular flexibility index (Phi) is 25.4. The summed E-state index contributed by atoms with van der Waals surface area (Å²) in [5, 5.41) is 0. The van der Waals surface area contributed by atoms with Crippen molar-refractivity contribution >= 4 is 35.8 Å². The summed E-state index contributed by atoms with van der Waals surface area (Å²) >= 11 is 0. The van der Waals surface area contributed by atoms with Crippen molar-refractivity contribution in [2.45, 2.75) is 156 Å². The summed E-state index contributed by atoms with van der Waals surface area (Å²) in [4.78, 5) is 68.1. The van der Waals surface area contributed by atoms with Gasteiger partial charge >= 0.3 is 35.8 Å². The quantitative estimate of drug-likeness (QED) is 0.0649. The van der Waals surface area contributed by atoms with Crippen LogP contribution in [0.2, 0.25) is 0 Å². The monoisotopic (exact) mass is 723 g/mol. The highest BCUT2D eigenvalue weighted by molar-refractivity contribution is 6.14. The van der Waals surface area contributed by atoms with Gasteiger partial charge in [0, 0.05) is 1.37 Å². The molecule has 0 atom stereocenters. The Balaban J connectivity index is 0.000000733. The molecule has 0 aliphatic heterocycles. The van der Waals surface area contributed by atoms with E-state index in [0.29, 0.717) is 0 Å². The van der Waals surface area contributed by atoms with E-state index in [1.807, 2.05) is 13.8 Å². The highest BCUT2D eigenvalue weighted by Crippen LogP contribution is 2.24. The van der Waals surface area contributed by atoms with Crippen molar-refractivity contribution in [1.82, 2.24) is 0 Å². The Labute approximate surface area is 306 Å². The zero-order chi connectivity index (χ0) is 39.5. The number of rotatable bonds is 12. The zero-order valence-electron chi connectivity index (χ0n) is 32.6. The molecule has 3 aliphatic carbocycles. The van der Waals surface area contributed by atoms with Crippen LogP contribution >= 0.6 is 0 Å². The number of ether oxygens (including phenoxy) is 6. The third-order valence-corrected chi connectivity index (χ3v) is 7.78. The van der Waals surface area contributed by atoms with E-state index in [9.17, 15) is 28.8 Å². The van der Waals surface area contributed by atoms with Gasteiger partial charge in [-0.05, 0) is 97.8 Å². The second-order valence-electron chi connectivity index (χ2n) is 12.2. The summed E-state index contributed by atoms with van der Waals surface area (Å²) in [5.74, 6) is -4.02. The normalized spacial score (nSPS) is 16.3. The van der Waals surface area contributed by atoms with Gasteiger partial charge in [-0.25, -0.2) is 28.8 Å². The minimum Gasteiger partial charge on any atom is -0.462 e. The minimum atomic E-state index is -0.726. The van der Waals surface area contributed by atoms with E-state index in [2.05, 4.69) is 33.9 Å². The fourth-order valence-corrected chi connectivity index (χ4v) is 5.12. The van der Waals surface area contributed by atoms with Crippen LogP contribution in [-0.2, 0) is 57.2 Å². The van der Waals surface area contributed by atoms with Gasteiger partial charge in [0.15, 0.2) is 0 Å². The summed E-state index contributed by atoms with van der Waals surface area (Å²) < 4.78 is 36.2. The van der Waals surface area contributed by atoms with E-state index >= 15 is 0 Å². The van der Waals surface area contributed by atoms with Crippen molar-refractivity contribution in [2.24, 2.45) is 0 Å². The lowest BCUT2D eigenvalue weighted by Gasteiger charge is -2.23. The number of carbonyl (C=O) groups excluding carboxylic acids is 6. The smallest absolute Gasteiger partial charge is 0.345 e. The molecule has 3 saturated carbocycles. The molecule has 0 aromatic carbocycles. The van der Waals surface area contributed by atoms with E-state index in [-0.39, 0.29) is 61.2 Å². The van der Waals surface area contributed by atoms with Crippen LogP contribution in [-0.4, -0.2) is 73.9 Å². The van der Waals surface area contributed by atoms with Crippen LogP contribution in [0.25, 0.3) is 0 Å². The van der Waals surface area contributed by atoms with Crippen LogP contribution < -0.4 is 0 Å². The first-order chi connectivity index (χ1) is 24.7. The van der Waals surface area contributed by atoms with Gasteiger partial charge in [-0.2, -0.15) is 0 Å². The van der Waals surface area contributed by atoms with Gasteiger partial charge in [-0.1, -0.05) is 59.2 Å². The van der Waals surface area contributed by atoms with Crippen molar-refractivity contribution < 1.29 is 58.6 Å². The average molecular weight is 724 g/mol. The van der Waals surface area contributed by atoms with Crippen LogP contribution in [0.15, 0.2) is 36.5 Å². The molecule has 51 heavy (non-hydrogen) atoms. The molecule has 0 bridgehead atoms. The highest BCUT2D eigenvalue weighted by atomic mass is 16.6. The maximum Gasteiger partial charge on any atom is 0.345 e. The van der Waals surface area contributed by atoms with Gasteiger partial charge in [0.25, 0.3) is 0 Å². The summed E-state index contributed by atoms with van der Waals surface area (Å²) in [6.07, 6.45) is 15.2. The van der Waals surface area contributed by atoms with Crippen molar-refractivity contribution in [3.63, 3.8) is 0 Å². The Hall–Kier alpha value is -3.96. The lowest BCUT2D eigenvalue weighted by molar-refractivity contribution is -0.155. The van der Waals surface area contributed by atoms with Gasteiger partial charge < -0.3 is 28.4 Å². The molecule has 0 saturated heterocycles. The topological polar surface area (TPSA) is 158 Å². The third kappa shape index (κ3) is 21.1. The van der Waals surface area contributed by atoms with Crippen molar-refractivity contribution in [3.05, 3.63) is 36.5 Å². The van der Waals surface area contributed by atoms with Crippen LogP contribution in [0.1, 0.15) is 139 Å². The van der Waals surface area contributed by atoms with Crippen LogP contribution in [0.4, 0.5) is 0 Å². The second kappa shape index (κ2) is 28.7. The zero-order valence-corrected chi connectivity index (χ0v) is 31.6. The molecule has 3 rings (SSSR count).